The highest BCUT2D eigenvalue weighted by atomic mass is 32.2. The molecule has 1 atom stereocenters. The zero-order valence-corrected chi connectivity index (χ0v) is 14.7. The van der Waals surface area contributed by atoms with Crippen LogP contribution >= 0.6 is 11.8 Å². The molecule has 0 spiro atoms. The minimum atomic E-state index is -0.347. The first-order valence-electron chi connectivity index (χ1n) is 8.02. The predicted octanol–water partition coefficient (Wildman–Crippen LogP) is 1.28. The molecule has 1 aliphatic rings. The summed E-state index contributed by atoms with van der Waals surface area (Å²) in [5, 5.41) is 12.1. The van der Waals surface area contributed by atoms with Gasteiger partial charge in [0.25, 0.3) is 0 Å². The van der Waals surface area contributed by atoms with Crippen molar-refractivity contribution in [2.24, 2.45) is 11.7 Å². The highest BCUT2D eigenvalue weighted by molar-refractivity contribution is 7.99. The molecule has 0 aliphatic heterocycles. The summed E-state index contributed by atoms with van der Waals surface area (Å²) in [6.07, 6.45) is 2.46. The third-order valence-electron chi connectivity index (χ3n) is 3.99. The summed E-state index contributed by atoms with van der Waals surface area (Å²) in [6.45, 7) is 6.61. The molecular weight excluding hydrogens is 314 g/mol. The average molecular weight is 339 g/mol. The maximum Gasteiger partial charge on any atom is 0.230 e. The highest BCUT2D eigenvalue weighted by Gasteiger charge is 2.30. The second kappa shape index (κ2) is 7.81. The number of hydrogen-bond donors (Lipinski definition) is 2. The lowest BCUT2D eigenvalue weighted by Crippen LogP contribution is -2.37. The first-order valence-corrected chi connectivity index (χ1v) is 9.00. The number of primary amides is 1. The number of rotatable bonds is 9. The van der Waals surface area contributed by atoms with Crippen molar-refractivity contribution in [1.82, 2.24) is 20.1 Å². The quantitative estimate of drug-likeness (QED) is 0.660. The van der Waals surface area contributed by atoms with Gasteiger partial charge in [-0.2, -0.15) is 0 Å². The van der Waals surface area contributed by atoms with Crippen LogP contribution in [0.15, 0.2) is 5.16 Å². The number of amides is 2. The molecule has 0 saturated heterocycles. The molecule has 2 rings (SSSR count). The van der Waals surface area contributed by atoms with Crippen molar-refractivity contribution >= 4 is 23.6 Å². The molecule has 2 amide bonds. The number of nitrogens with two attached hydrogens (primary N) is 1. The van der Waals surface area contributed by atoms with Gasteiger partial charge < -0.3 is 15.6 Å². The number of carbonyl (C=O) groups excluding carboxylic acids is 2. The fourth-order valence-corrected chi connectivity index (χ4v) is 2.86. The SMILES string of the molecule is CC(C)C(C)NC(=O)CSc1nnc(C2CC2)n1CCC(N)=O. The van der Waals surface area contributed by atoms with Crippen LogP contribution in [-0.4, -0.2) is 38.4 Å². The molecule has 1 aromatic rings. The Balaban J connectivity index is 1.96. The lowest BCUT2D eigenvalue weighted by atomic mass is 10.1. The smallest absolute Gasteiger partial charge is 0.230 e. The van der Waals surface area contributed by atoms with Crippen molar-refractivity contribution in [3.63, 3.8) is 0 Å². The number of hydrogen-bond acceptors (Lipinski definition) is 5. The van der Waals surface area contributed by atoms with Crippen LogP contribution in [0.1, 0.15) is 51.8 Å². The second-order valence-corrected chi connectivity index (χ2v) is 7.31. The molecule has 0 aromatic carbocycles. The fourth-order valence-electron chi connectivity index (χ4n) is 2.07. The molecule has 128 valence electrons. The standard InChI is InChI=1S/C15H25N5O2S/c1-9(2)10(3)17-13(22)8-23-15-19-18-14(11-4-5-11)20(15)7-6-12(16)21/h9-11H,4-8H2,1-3H3,(H2,16,21)(H,17,22). The summed E-state index contributed by atoms with van der Waals surface area (Å²) in [5.74, 6) is 1.65. The summed E-state index contributed by atoms with van der Waals surface area (Å²) in [6, 6.07) is 0.137. The van der Waals surface area contributed by atoms with Crippen LogP contribution in [0.2, 0.25) is 0 Å². The molecule has 1 fully saturated rings. The molecule has 1 saturated carbocycles. The molecule has 3 N–H and O–H groups in total. The van der Waals surface area contributed by atoms with E-state index < -0.39 is 0 Å². The second-order valence-electron chi connectivity index (χ2n) is 6.37. The molecular formula is C15H25N5O2S. The van der Waals surface area contributed by atoms with E-state index in [1.807, 2.05) is 11.5 Å². The van der Waals surface area contributed by atoms with Gasteiger partial charge >= 0.3 is 0 Å². The van der Waals surface area contributed by atoms with E-state index in [0.29, 0.717) is 23.5 Å². The third-order valence-corrected chi connectivity index (χ3v) is 4.96. The normalized spacial score (nSPS) is 15.7. The van der Waals surface area contributed by atoms with Gasteiger partial charge in [-0.15, -0.1) is 10.2 Å². The molecule has 0 radical (unpaired) electrons. The Kier molecular flexibility index (Phi) is 6.04. The molecule has 7 nitrogen and oxygen atoms in total. The van der Waals surface area contributed by atoms with Gasteiger partial charge in [-0.25, -0.2) is 0 Å². The number of thioether (sulfide) groups is 1. The first kappa shape index (κ1) is 17.8. The average Bonchev–Trinajstić information content (AvgIpc) is 3.23. The molecule has 0 bridgehead atoms. The van der Waals surface area contributed by atoms with Gasteiger partial charge in [0, 0.05) is 24.9 Å². The monoisotopic (exact) mass is 339 g/mol. The summed E-state index contributed by atoms with van der Waals surface area (Å²) in [7, 11) is 0. The van der Waals surface area contributed by atoms with Gasteiger partial charge in [-0.3, -0.25) is 9.59 Å². The minimum absolute atomic E-state index is 0.0198. The van der Waals surface area contributed by atoms with E-state index in [-0.39, 0.29) is 30.0 Å². The Hall–Kier alpha value is -1.57. The van der Waals surface area contributed by atoms with E-state index in [9.17, 15) is 9.59 Å². The van der Waals surface area contributed by atoms with Crippen LogP contribution in [0.3, 0.4) is 0 Å². The summed E-state index contributed by atoms with van der Waals surface area (Å²) < 4.78 is 1.94. The van der Waals surface area contributed by atoms with Gasteiger partial charge in [0.2, 0.25) is 11.8 Å². The first-order chi connectivity index (χ1) is 10.9. The van der Waals surface area contributed by atoms with Crippen molar-refractivity contribution in [2.75, 3.05) is 5.75 Å². The number of nitrogens with one attached hydrogen (secondary N) is 1. The van der Waals surface area contributed by atoms with Crippen LogP contribution in [-0.2, 0) is 16.1 Å². The van der Waals surface area contributed by atoms with Crippen molar-refractivity contribution < 1.29 is 9.59 Å². The van der Waals surface area contributed by atoms with Gasteiger partial charge in [-0.05, 0) is 25.7 Å². The van der Waals surface area contributed by atoms with Gasteiger partial charge in [0.1, 0.15) is 5.82 Å². The van der Waals surface area contributed by atoms with E-state index in [2.05, 4.69) is 29.4 Å². The van der Waals surface area contributed by atoms with E-state index in [4.69, 9.17) is 5.73 Å². The molecule has 23 heavy (non-hydrogen) atoms. The van der Waals surface area contributed by atoms with Crippen molar-refractivity contribution in [1.29, 1.82) is 0 Å². The van der Waals surface area contributed by atoms with E-state index in [1.54, 1.807) is 0 Å². The third kappa shape index (κ3) is 5.23. The Morgan fingerprint density at radius 3 is 2.61 bits per heavy atom. The number of carbonyl (C=O) groups is 2. The molecule has 1 aliphatic carbocycles. The topological polar surface area (TPSA) is 103 Å². The Labute approximate surface area is 140 Å². The number of aromatic nitrogens is 3. The van der Waals surface area contributed by atoms with E-state index in [0.717, 1.165) is 18.7 Å². The summed E-state index contributed by atoms with van der Waals surface area (Å²) in [5.41, 5.74) is 5.24. The Bertz CT molecular complexity index is 568. The Morgan fingerprint density at radius 2 is 2.04 bits per heavy atom. The van der Waals surface area contributed by atoms with Crippen molar-refractivity contribution in [3.8, 4) is 0 Å². The number of nitrogens with zero attached hydrogens (tertiary/aromatic N) is 3. The minimum Gasteiger partial charge on any atom is -0.370 e. The lowest BCUT2D eigenvalue weighted by Gasteiger charge is -2.17. The molecule has 1 heterocycles. The van der Waals surface area contributed by atoms with Crippen LogP contribution in [0.5, 0.6) is 0 Å². The van der Waals surface area contributed by atoms with Crippen LogP contribution < -0.4 is 11.1 Å². The predicted molar refractivity (Wildman–Crippen MR) is 89.0 cm³/mol. The van der Waals surface area contributed by atoms with Crippen LogP contribution in [0.4, 0.5) is 0 Å². The zero-order chi connectivity index (χ0) is 17.0. The highest BCUT2D eigenvalue weighted by Crippen LogP contribution is 2.40. The Morgan fingerprint density at radius 1 is 1.35 bits per heavy atom. The van der Waals surface area contributed by atoms with Crippen LogP contribution in [0, 0.1) is 5.92 Å². The molecule has 1 aromatic heterocycles. The van der Waals surface area contributed by atoms with E-state index in [1.165, 1.54) is 11.8 Å². The van der Waals surface area contributed by atoms with Crippen molar-refractivity contribution in [2.45, 2.75) is 63.7 Å². The van der Waals surface area contributed by atoms with Crippen LogP contribution in [0.25, 0.3) is 0 Å². The van der Waals surface area contributed by atoms with Crippen molar-refractivity contribution in [3.05, 3.63) is 5.82 Å². The summed E-state index contributed by atoms with van der Waals surface area (Å²) in [4.78, 5) is 23.0. The molecule has 1 unspecified atom stereocenters. The van der Waals surface area contributed by atoms with Gasteiger partial charge in [0.15, 0.2) is 5.16 Å². The maximum absolute atomic E-state index is 12.0. The van der Waals surface area contributed by atoms with Gasteiger partial charge in [-0.1, -0.05) is 25.6 Å². The van der Waals surface area contributed by atoms with E-state index >= 15 is 0 Å². The summed E-state index contributed by atoms with van der Waals surface area (Å²) >= 11 is 1.35. The van der Waals surface area contributed by atoms with Gasteiger partial charge in [0.05, 0.1) is 5.75 Å². The fraction of sp³-hybridized carbons (Fsp3) is 0.733. The maximum atomic E-state index is 12.0. The largest absolute Gasteiger partial charge is 0.370 e. The lowest BCUT2D eigenvalue weighted by molar-refractivity contribution is -0.119. The molecule has 8 heteroatoms. The zero-order valence-electron chi connectivity index (χ0n) is 13.9.